The first kappa shape index (κ1) is 17.1. The second-order valence-electron chi connectivity index (χ2n) is 6.71. The van der Waals surface area contributed by atoms with Crippen LogP contribution >= 0.6 is 11.8 Å². The molecule has 0 radical (unpaired) electrons. The van der Waals surface area contributed by atoms with Crippen LogP contribution in [0.1, 0.15) is 23.2 Å². The minimum Gasteiger partial charge on any atom is -0.485 e. The van der Waals surface area contributed by atoms with E-state index in [0.717, 1.165) is 45.1 Å². The number of fused-ring (bicyclic) bond motifs is 2. The number of rotatable bonds is 4. The molecular formula is C20H19N5O2S. The average molecular weight is 393 g/mol. The second kappa shape index (κ2) is 6.87. The molecule has 0 amide bonds. The van der Waals surface area contributed by atoms with Gasteiger partial charge in [-0.05, 0) is 30.7 Å². The van der Waals surface area contributed by atoms with Gasteiger partial charge in [0.25, 0.3) is 0 Å². The highest BCUT2D eigenvalue weighted by atomic mass is 32.2. The first-order valence-corrected chi connectivity index (χ1v) is 10.0. The lowest BCUT2D eigenvalue weighted by atomic mass is 10.2. The van der Waals surface area contributed by atoms with Crippen LogP contribution in [-0.4, -0.2) is 30.8 Å². The largest absolute Gasteiger partial charge is 0.485 e. The van der Waals surface area contributed by atoms with Crippen molar-refractivity contribution >= 4 is 17.4 Å². The number of nitrogens with zero attached hydrogens (tertiary/aromatic N) is 5. The number of aryl methyl sites for hydroxylation is 1. The van der Waals surface area contributed by atoms with Crippen molar-refractivity contribution in [1.82, 2.24) is 24.1 Å². The number of hydrogen-bond acceptors (Lipinski definition) is 6. The fourth-order valence-electron chi connectivity index (χ4n) is 3.29. The van der Waals surface area contributed by atoms with E-state index < -0.39 is 0 Å². The summed E-state index contributed by atoms with van der Waals surface area (Å²) < 4.78 is 15.9. The Morgan fingerprint density at radius 1 is 1.14 bits per heavy atom. The number of pyridine rings is 1. The smallest absolute Gasteiger partial charge is 0.192 e. The Balaban J connectivity index is 1.32. The molecule has 28 heavy (non-hydrogen) atoms. The Labute approximate surface area is 166 Å². The minimum absolute atomic E-state index is 0.278. The average Bonchev–Trinajstić information content (AvgIpc) is 3.30. The molecule has 5 rings (SSSR count). The van der Waals surface area contributed by atoms with Gasteiger partial charge in [-0.2, -0.15) is 0 Å². The molecule has 0 fully saturated rings. The van der Waals surface area contributed by atoms with Crippen molar-refractivity contribution in [3.8, 4) is 11.5 Å². The summed E-state index contributed by atoms with van der Waals surface area (Å²) in [5, 5.41) is 9.51. The molecule has 0 saturated heterocycles. The van der Waals surface area contributed by atoms with Crippen LogP contribution < -0.4 is 9.47 Å². The maximum Gasteiger partial charge on any atom is 0.192 e. The summed E-state index contributed by atoms with van der Waals surface area (Å²) in [7, 11) is 1.95. The standard InChI is InChI=1S/C20H19N5O2S/c1-13-6-5-9-25-10-14(21-18(13)25)12-28-20-23-22-19(24(20)2)17-11-26-15-7-3-4-8-16(15)27-17/h3-10,17H,11-12H2,1-2H3/t17-/m1/s1. The number of benzene rings is 1. The molecule has 8 heteroatoms. The monoisotopic (exact) mass is 393 g/mol. The zero-order valence-electron chi connectivity index (χ0n) is 15.6. The van der Waals surface area contributed by atoms with E-state index in [1.165, 1.54) is 0 Å². The van der Waals surface area contributed by atoms with E-state index in [2.05, 4.69) is 33.8 Å². The van der Waals surface area contributed by atoms with Gasteiger partial charge in [0, 0.05) is 25.2 Å². The summed E-state index contributed by atoms with van der Waals surface area (Å²) in [6, 6.07) is 11.8. The van der Waals surface area contributed by atoms with Crippen molar-refractivity contribution in [2.75, 3.05) is 6.61 Å². The Hall–Kier alpha value is -3.00. The van der Waals surface area contributed by atoms with Gasteiger partial charge in [0.05, 0.1) is 5.69 Å². The van der Waals surface area contributed by atoms with Crippen molar-refractivity contribution in [3.63, 3.8) is 0 Å². The lowest BCUT2D eigenvalue weighted by Gasteiger charge is -2.25. The SMILES string of the molecule is Cc1cccn2cc(CSc3nnc([C@H]4COc5ccccc5O4)n3C)nc12. The summed E-state index contributed by atoms with van der Waals surface area (Å²) in [6.45, 7) is 2.48. The molecular weight excluding hydrogens is 374 g/mol. The number of aromatic nitrogens is 5. The molecule has 4 aromatic rings. The number of hydrogen-bond donors (Lipinski definition) is 0. The van der Waals surface area contributed by atoms with E-state index in [4.69, 9.17) is 14.5 Å². The van der Waals surface area contributed by atoms with E-state index in [0.29, 0.717) is 6.61 Å². The Morgan fingerprint density at radius 3 is 2.86 bits per heavy atom. The fraction of sp³-hybridized carbons (Fsp3) is 0.250. The molecule has 0 aliphatic carbocycles. The van der Waals surface area contributed by atoms with E-state index in [1.807, 2.05) is 48.1 Å². The fourth-order valence-corrected chi connectivity index (χ4v) is 4.09. The van der Waals surface area contributed by atoms with Crippen LogP contribution in [0, 0.1) is 6.92 Å². The summed E-state index contributed by atoms with van der Waals surface area (Å²) in [5.41, 5.74) is 3.16. The van der Waals surface area contributed by atoms with Crippen molar-refractivity contribution in [2.24, 2.45) is 7.05 Å². The van der Waals surface area contributed by atoms with Gasteiger partial charge >= 0.3 is 0 Å². The molecule has 142 valence electrons. The van der Waals surface area contributed by atoms with E-state index in [-0.39, 0.29) is 6.10 Å². The Bertz CT molecular complexity index is 1150. The predicted octanol–water partition coefficient (Wildman–Crippen LogP) is 3.58. The molecule has 1 aliphatic rings. The van der Waals surface area contributed by atoms with E-state index in [9.17, 15) is 0 Å². The molecule has 0 spiro atoms. The highest BCUT2D eigenvalue weighted by Gasteiger charge is 2.27. The van der Waals surface area contributed by atoms with E-state index in [1.54, 1.807) is 11.8 Å². The van der Waals surface area contributed by atoms with E-state index >= 15 is 0 Å². The van der Waals surface area contributed by atoms with Crippen LogP contribution in [0.25, 0.3) is 5.65 Å². The second-order valence-corrected chi connectivity index (χ2v) is 7.65. The lowest BCUT2D eigenvalue weighted by Crippen LogP contribution is -2.24. The van der Waals surface area contributed by atoms with Crippen molar-refractivity contribution in [3.05, 3.63) is 65.9 Å². The van der Waals surface area contributed by atoms with Crippen molar-refractivity contribution < 1.29 is 9.47 Å². The van der Waals surface area contributed by atoms with Gasteiger partial charge in [-0.15, -0.1) is 10.2 Å². The first-order chi connectivity index (χ1) is 13.7. The van der Waals surface area contributed by atoms with Gasteiger partial charge in [-0.3, -0.25) is 0 Å². The van der Waals surface area contributed by atoms with Crippen molar-refractivity contribution in [2.45, 2.75) is 23.9 Å². The molecule has 3 aromatic heterocycles. The maximum absolute atomic E-state index is 6.05. The topological polar surface area (TPSA) is 66.5 Å². The van der Waals surface area contributed by atoms with Crippen LogP contribution in [0.4, 0.5) is 0 Å². The van der Waals surface area contributed by atoms with Gasteiger partial charge in [0.1, 0.15) is 12.3 Å². The number of ether oxygens (including phenoxy) is 2. The molecule has 4 heterocycles. The highest BCUT2D eigenvalue weighted by Crippen LogP contribution is 2.36. The molecule has 1 aliphatic heterocycles. The summed E-state index contributed by atoms with van der Waals surface area (Å²) in [4.78, 5) is 4.72. The third kappa shape index (κ3) is 2.99. The molecule has 0 bridgehead atoms. The van der Waals surface area contributed by atoms with Crippen LogP contribution in [0.2, 0.25) is 0 Å². The zero-order chi connectivity index (χ0) is 19.1. The summed E-state index contributed by atoms with van der Waals surface area (Å²) >= 11 is 1.61. The number of para-hydroxylation sites is 2. The third-order valence-electron chi connectivity index (χ3n) is 4.74. The van der Waals surface area contributed by atoms with Gasteiger partial charge in [0.15, 0.2) is 28.6 Å². The molecule has 7 nitrogen and oxygen atoms in total. The highest BCUT2D eigenvalue weighted by molar-refractivity contribution is 7.98. The Kier molecular flexibility index (Phi) is 4.20. The zero-order valence-corrected chi connectivity index (χ0v) is 16.4. The normalized spacial score (nSPS) is 15.9. The first-order valence-electron chi connectivity index (χ1n) is 9.03. The van der Waals surface area contributed by atoms with Crippen LogP contribution in [0.3, 0.4) is 0 Å². The number of thioether (sulfide) groups is 1. The van der Waals surface area contributed by atoms with Gasteiger partial charge in [-0.25, -0.2) is 4.98 Å². The molecule has 0 saturated carbocycles. The minimum atomic E-state index is -0.278. The van der Waals surface area contributed by atoms with Gasteiger partial charge in [0.2, 0.25) is 0 Å². The summed E-state index contributed by atoms with van der Waals surface area (Å²) in [6.07, 6.45) is 3.80. The third-order valence-corrected chi connectivity index (χ3v) is 5.80. The Morgan fingerprint density at radius 2 is 2.00 bits per heavy atom. The van der Waals surface area contributed by atoms with Gasteiger partial charge in [-0.1, -0.05) is 30.0 Å². The molecule has 1 aromatic carbocycles. The van der Waals surface area contributed by atoms with Crippen LogP contribution in [0.5, 0.6) is 11.5 Å². The number of imidazole rings is 1. The molecule has 1 atom stereocenters. The van der Waals surface area contributed by atoms with Crippen LogP contribution in [0.15, 0.2) is 53.9 Å². The maximum atomic E-state index is 6.05. The quantitative estimate of drug-likeness (QED) is 0.494. The molecule has 0 unspecified atom stereocenters. The predicted molar refractivity (Wildman–Crippen MR) is 106 cm³/mol. The lowest BCUT2D eigenvalue weighted by molar-refractivity contribution is 0.0825. The van der Waals surface area contributed by atoms with Crippen LogP contribution in [-0.2, 0) is 12.8 Å². The van der Waals surface area contributed by atoms with Crippen molar-refractivity contribution in [1.29, 1.82) is 0 Å². The van der Waals surface area contributed by atoms with Gasteiger partial charge < -0.3 is 18.4 Å². The summed E-state index contributed by atoms with van der Waals surface area (Å²) in [5.74, 6) is 2.97. The molecule has 0 N–H and O–H groups in total.